The number of benzene rings is 3. The van der Waals surface area contributed by atoms with E-state index >= 15 is 0 Å². The van der Waals surface area contributed by atoms with Crippen LogP contribution < -0.4 is 21.3 Å². The van der Waals surface area contributed by atoms with Gasteiger partial charge in [0.1, 0.15) is 0 Å². The van der Waals surface area contributed by atoms with E-state index in [1.165, 1.54) is 0 Å². The summed E-state index contributed by atoms with van der Waals surface area (Å²) in [6, 6.07) is 20.9. The monoisotopic (exact) mass is 482 g/mol. The van der Waals surface area contributed by atoms with E-state index in [1.54, 1.807) is 60.7 Å². The molecule has 0 bridgehead atoms. The van der Waals surface area contributed by atoms with Crippen LogP contribution in [0.2, 0.25) is 5.02 Å². The zero-order valence-corrected chi connectivity index (χ0v) is 19.3. The van der Waals surface area contributed by atoms with Crippen molar-refractivity contribution in [3.05, 3.63) is 94.5 Å². The Bertz CT molecular complexity index is 1080. The molecule has 6 nitrogen and oxygen atoms in total. The number of aryl methyl sites for hydroxylation is 1. The second-order valence-electron chi connectivity index (χ2n) is 6.70. The number of nitrogens with one attached hydrogen (secondary N) is 4. The highest BCUT2D eigenvalue weighted by Crippen LogP contribution is 2.29. The maximum Gasteiger partial charge on any atom is 0.257 e. The van der Waals surface area contributed by atoms with Crippen molar-refractivity contribution in [3.8, 4) is 0 Å². The summed E-state index contributed by atoms with van der Waals surface area (Å²) < 4.78 is 0. The molecule has 0 saturated heterocycles. The summed E-state index contributed by atoms with van der Waals surface area (Å²) in [5.41, 5.74) is 2.93. The summed E-state index contributed by atoms with van der Waals surface area (Å²) in [6.45, 7) is 1.84. The molecule has 3 aromatic rings. The molecule has 0 unspecified atom stereocenters. The second-order valence-corrected chi connectivity index (χ2v) is 7.92. The van der Waals surface area contributed by atoms with Gasteiger partial charge in [-0.1, -0.05) is 48.0 Å². The molecule has 0 atom stereocenters. The summed E-state index contributed by atoms with van der Waals surface area (Å²) in [4.78, 5) is 24.5. The number of anilines is 2. The number of hydrogen-bond acceptors (Lipinski definition) is 4. The smallest absolute Gasteiger partial charge is 0.257 e. The number of hydrogen-bond donors (Lipinski definition) is 4. The minimum atomic E-state index is -0.325. The van der Waals surface area contributed by atoms with Crippen LogP contribution in [0.25, 0.3) is 0 Å². The first-order valence-electron chi connectivity index (χ1n) is 9.48. The molecule has 0 radical (unpaired) electrons. The topological polar surface area (TPSA) is 82.3 Å². The third-order valence-corrected chi connectivity index (χ3v) is 5.06. The fourth-order valence-electron chi connectivity index (χ4n) is 2.75. The SMILES string of the molecule is Cc1cc(NC(=S)NC(=O)c2ccccc2)c(Cl)cc1NC(=S)NC(=O)c1ccccc1. The summed E-state index contributed by atoms with van der Waals surface area (Å²) in [5.74, 6) is -0.640. The summed E-state index contributed by atoms with van der Waals surface area (Å²) >= 11 is 16.8. The quantitative estimate of drug-likeness (QED) is 0.396. The maximum atomic E-state index is 12.2. The van der Waals surface area contributed by atoms with Crippen LogP contribution in [0.4, 0.5) is 11.4 Å². The Hall–Kier alpha value is -3.33. The van der Waals surface area contributed by atoms with Gasteiger partial charge in [-0.3, -0.25) is 20.2 Å². The molecule has 9 heteroatoms. The number of carbonyl (C=O) groups excluding carboxylic acids is 2. The molecule has 3 rings (SSSR count). The van der Waals surface area contributed by atoms with Crippen molar-refractivity contribution in [1.82, 2.24) is 10.6 Å². The predicted octanol–water partition coefficient (Wildman–Crippen LogP) is 4.90. The van der Waals surface area contributed by atoms with Gasteiger partial charge in [-0.25, -0.2) is 0 Å². The van der Waals surface area contributed by atoms with Gasteiger partial charge in [0.05, 0.1) is 10.7 Å². The van der Waals surface area contributed by atoms with Gasteiger partial charge in [-0.05, 0) is 73.3 Å². The molecule has 2 amide bonds. The van der Waals surface area contributed by atoms with Crippen LogP contribution in [-0.2, 0) is 0 Å². The van der Waals surface area contributed by atoms with Gasteiger partial charge >= 0.3 is 0 Å². The maximum absolute atomic E-state index is 12.2. The molecule has 0 heterocycles. The zero-order chi connectivity index (χ0) is 23.1. The highest BCUT2D eigenvalue weighted by Gasteiger charge is 2.13. The molecule has 162 valence electrons. The minimum Gasteiger partial charge on any atom is -0.332 e. The highest BCUT2D eigenvalue weighted by molar-refractivity contribution is 7.80. The van der Waals surface area contributed by atoms with Crippen molar-refractivity contribution in [1.29, 1.82) is 0 Å². The van der Waals surface area contributed by atoms with Gasteiger partial charge < -0.3 is 10.6 Å². The van der Waals surface area contributed by atoms with Crippen molar-refractivity contribution in [3.63, 3.8) is 0 Å². The molecule has 0 aliphatic heterocycles. The standard InChI is InChI=1S/C23H19ClN4O2S2/c1-14-12-19(26-23(32)28-21(30)16-10-6-3-7-11-16)17(24)13-18(14)25-22(31)27-20(29)15-8-4-2-5-9-15/h2-13H,1H3,(H2,25,27,29,31)(H2,26,28,30,32). The van der Waals surface area contributed by atoms with Crippen molar-refractivity contribution in [2.45, 2.75) is 6.92 Å². The number of rotatable bonds is 4. The van der Waals surface area contributed by atoms with E-state index in [0.717, 1.165) is 5.56 Å². The molecular weight excluding hydrogens is 464 g/mol. The van der Waals surface area contributed by atoms with Gasteiger partial charge in [0.25, 0.3) is 11.8 Å². The molecule has 0 saturated carbocycles. The molecule has 0 spiro atoms. The molecular formula is C23H19ClN4O2S2. The van der Waals surface area contributed by atoms with Crippen LogP contribution in [0.3, 0.4) is 0 Å². The van der Waals surface area contributed by atoms with Crippen molar-refractivity contribution >= 4 is 69.5 Å². The Morgan fingerprint density at radius 2 is 1.16 bits per heavy atom. The predicted molar refractivity (Wildman–Crippen MR) is 136 cm³/mol. The van der Waals surface area contributed by atoms with Crippen molar-refractivity contribution in [2.24, 2.45) is 0 Å². The molecule has 3 aromatic carbocycles. The molecule has 32 heavy (non-hydrogen) atoms. The van der Waals surface area contributed by atoms with E-state index in [1.807, 2.05) is 19.1 Å². The first-order valence-corrected chi connectivity index (χ1v) is 10.7. The van der Waals surface area contributed by atoms with E-state index in [-0.39, 0.29) is 22.0 Å². The van der Waals surface area contributed by atoms with Crippen LogP contribution in [0.5, 0.6) is 0 Å². The van der Waals surface area contributed by atoms with Gasteiger partial charge in [-0.2, -0.15) is 0 Å². The van der Waals surface area contributed by atoms with Gasteiger partial charge in [0, 0.05) is 16.8 Å². The largest absolute Gasteiger partial charge is 0.332 e. The van der Waals surface area contributed by atoms with Crippen LogP contribution in [0.1, 0.15) is 26.3 Å². The average Bonchev–Trinajstić information content (AvgIpc) is 2.78. The number of thiocarbonyl (C=S) groups is 2. The minimum absolute atomic E-state index is 0.117. The molecule has 0 aliphatic carbocycles. The zero-order valence-electron chi connectivity index (χ0n) is 16.9. The number of carbonyl (C=O) groups is 2. The van der Waals surface area contributed by atoms with Gasteiger partial charge in [0.15, 0.2) is 10.2 Å². The van der Waals surface area contributed by atoms with E-state index in [4.69, 9.17) is 36.0 Å². The lowest BCUT2D eigenvalue weighted by molar-refractivity contribution is 0.0969. The first kappa shape index (κ1) is 23.3. The van der Waals surface area contributed by atoms with Crippen LogP contribution in [-0.4, -0.2) is 22.0 Å². The fourth-order valence-corrected chi connectivity index (χ4v) is 3.36. The second kappa shape index (κ2) is 10.8. The third kappa shape index (κ3) is 6.34. The Morgan fingerprint density at radius 1 is 0.719 bits per heavy atom. The number of amides is 2. The molecule has 0 aromatic heterocycles. The lowest BCUT2D eigenvalue weighted by Crippen LogP contribution is -2.34. The Kier molecular flexibility index (Phi) is 7.88. The van der Waals surface area contributed by atoms with E-state index in [0.29, 0.717) is 27.5 Å². The van der Waals surface area contributed by atoms with Gasteiger partial charge in [0.2, 0.25) is 0 Å². The Balaban J connectivity index is 1.62. The lowest BCUT2D eigenvalue weighted by Gasteiger charge is -2.16. The number of halogens is 1. The van der Waals surface area contributed by atoms with E-state index in [9.17, 15) is 9.59 Å². The lowest BCUT2D eigenvalue weighted by atomic mass is 10.1. The molecule has 0 aliphatic rings. The summed E-state index contributed by atoms with van der Waals surface area (Å²) in [5, 5.41) is 11.8. The summed E-state index contributed by atoms with van der Waals surface area (Å²) in [7, 11) is 0. The normalized spacial score (nSPS) is 10.1. The Labute approximate surface area is 201 Å². The summed E-state index contributed by atoms with van der Waals surface area (Å²) in [6.07, 6.45) is 0. The molecule has 0 fully saturated rings. The van der Waals surface area contributed by atoms with Crippen LogP contribution in [0.15, 0.2) is 72.8 Å². The van der Waals surface area contributed by atoms with Crippen molar-refractivity contribution < 1.29 is 9.59 Å². The molecule has 4 N–H and O–H groups in total. The Morgan fingerprint density at radius 3 is 1.62 bits per heavy atom. The van der Waals surface area contributed by atoms with Crippen LogP contribution in [0, 0.1) is 6.92 Å². The highest BCUT2D eigenvalue weighted by atomic mass is 35.5. The average molecular weight is 483 g/mol. The van der Waals surface area contributed by atoms with Gasteiger partial charge in [-0.15, -0.1) is 0 Å². The fraction of sp³-hybridized carbons (Fsp3) is 0.0435. The van der Waals surface area contributed by atoms with Crippen LogP contribution >= 0.6 is 36.0 Å². The first-order chi connectivity index (χ1) is 15.3. The third-order valence-electron chi connectivity index (χ3n) is 4.34. The van der Waals surface area contributed by atoms with Crippen molar-refractivity contribution in [2.75, 3.05) is 10.6 Å². The van der Waals surface area contributed by atoms with E-state index in [2.05, 4.69) is 21.3 Å². The van der Waals surface area contributed by atoms with E-state index < -0.39 is 0 Å².